The van der Waals surface area contributed by atoms with Gasteiger partial charge < -0.3 is 24.8 Å². The molecule has 0 radical (unpaired) electrons. The molecule has 0 aliphatic rings. The van der Waals surface area contributed by atoms with Gasteiger partial charge in [-0.25, -0.2) is 9.78 Å². The van der Waals surface area contributed by atoms with E-state index in [-0.39, 0.29) is 25.0 Å². The summed E-state index contributed by atoms with van der Waals surface area (Å²) < 4.78 is 17.0. The van der Waals surface area contributed by atoms with Gasteiger partial charge in [0.25, 0.3) is 0 Å². The normalized spacial score (nSPS) is 10.2. The highest BCUT2D eigenvalue weighted by Gasteiger charge is 2.02. The van der Waals surface area contributed by atoms with Crippen molar-refractivity contribution >= 4 is 11.9 Å². The number of hydrogen-bond donors (Lipinski definition) is 2. The number of nitrogens with zero attached hydrogens (tertiary/aromatic N) is 2. The molecule has 2 amide bonds. The molecule has 9 nitrogen and oxygen atoms in total. The number of imidazole rings is 1. The van der Waals surface area contributed by atoms with Gasteiger partial charge in [-0.15, -0.1) is 6.42 Å². The lowest BCUT2D eigenvalue weighted by atomic mass is 10.4. The summed E-state index contributed by atoms with van der Waals surface area (Å²) in [7, 11) is 0. The Labute approximate surface area is 147 Å². The largest absolute Gasteiger partial charge is 0.377 e. The summed E-state index contributed by atoms with van der Waals surface area (Å²) in [6, 6.07) is -0.252. The van der Waals surface area contributed by atoms with E-state index in [1.807, 2.05) is 0 Å². The molecular formula is C16H24N4O5. The molecule has 1 rings (SSSR count). The summed E-state index contributed by atoms with van der Waals surface area (Å²) in [4.78, 5) is 26.7. The van der Waals surface area contributed by atoms with Crippen LogP contribution in [-0.2, 0) is 19.0 Å². The smallest absolute Gasteiger partial charge is 0.326 e. The zero-order valence-electron chi connectivity index (χ0n) is 14.1. The maximum absolute atomic E-state index is 11.5. The van der Waals surface area contributed by atoms with Crippen LogP contribution in [0.1, 0.15) is 6.42 Å². The van der Waals surface area contributed by atoms with E-state index in [1.165, 1.54) is 17.1 Å². The fourth-order valence-electron chi connectivity index (χ4n) is 1.67. The predicted molar refractivity (Wildman–Crippen MR) is 89.9 cm³/mol. The Morgan fingerprint density at radius 1 is 1.04 bits per heavy atom. The summed E-state index contributed by atoms with van der Waals surface area (Å²) in [5.41, 5.74) is 0. The molecule has 2 N–H and O–H groups in total. The highest BCUT2D eigenvalue weighted by atomic mass is 16.5. The molecule has 1 aromatic heterocycles. The second-order valence-corrected chi connectivity index (χ2v) is 4.78. The first-order chi connectivity index (χ1) is 12.2. The molecule has 138 valence electrons. The Hall–Kier alpha value is -2.41. The average molecular weight is 352 g/mol. The van der Waals surface area contributed by atoms with Crippen molar-refractivity contribution in [2.45, 2.75) is 6.42 Å². The molecule has 25 heavy (non-hydrogen) atoms. The van der Waals surface area contributed by atoms with Gasteiger partial charge in [0.05, 0.1) is 39.5 Å². The number of amides is 2. The second kappa shape index (κ2) is 14.0. The van der Waals surface area contributed by atoms with Gasteiger partial charge in [0.1, 0.15) is 12.9 Å². The minimum absolute atomic E-state index is 0.106. The van der Waals surface area contributed by atoms with Crippen molar-refractivity contribution in [1.82, 2.24) is 20.2 Å². The first-order valence-corrected chi connectivity index (χ1v) is 7.93. The molecule has 0 bridgehead atoms. The molecule has 0 atom stereocenters. The van der Waals surface area contributed by atoms with Crippen LogP contribution in [0.3, 0.4) is 0 Å². The average Bonchev–Trinajstić information content (AvgIpc) is 3.15. The molecule has 0 aliphatic carbocycles. The summed E-state index contributed by atoms with van der Waals surface area (Å²) >= 11 is 0. The Kier molecular flexibility index (Phi) is 11.5. The van der Waals surface area contributed by atoms with Crippen molar-refractivity contribution in [1.29, 1.82) is 0 Å². The highest BCUT2D eigenvalue weighted by molar-refractivity contribution is 5.76. The van der Waals surface area contributed by atoms with Crippen molar-refractivity contribution in [3.63, 3.8) is 0 Å². The van der Waals surface area contributed by atoms with Crippen LogP contribution in [0.5, 0.6) is 0 Å². The molecule has 0 fully saturated rings. The van der Waals surface area contributed by atoms with Crippen LogP contribution in [0.25, 0.3) is 0 Å². The van der Waals surface area contributed by atoms with E-state index >= 15 is 0 Å². The summed E-state index contributed by atoms with van der Waals surface area (Å²) in [5.74, 6) is 2.22. The first-order valence-electron chi connectivity index (χ1n) is 7.93. The monoisotopic (exact) mass is 352 g/mol. The molecule has 0 aliphatic heterocycles. The van der Waals surface area contributed by atoms with Crippen LogP contribution < -0.4 is 10.6 Å². The van der Waals surface area contributed by atoms with Gasteiger partial charge in [-0.05, 0) is 0 Å². The maximum Gasteiger partial charge on any atom is 0.326 e. The molecule has 1 aromatic rings. The van der Waals surface area contributed by atoms with Crippen LogP contribution in [0.4, 0.5) is 4.79 Å². The van der Waals surface area contributed by atoms with Gasteiger partial charge in [-0.3, -0.25) is 9.36 Å². The van der Waals surface area contributed by atoms with Crippen LogP contribution in [0.2, 0.25) is 0 Å². The Bertz CT molecular complexity index is 527. The van der Waals surface area contributed by atoms with E-state index in [0.717, 1.165) is 0 Å². The highest BCUT2D eigenvalue weighted by Crippen LogP contribution is 1.85. The van der Waals surface area contributed by atoms with Crippen LogP contribution in [-0.4, -0.2) is 74.2 Å². The van der Waals surface area contributed by atoms with Gasteiger partial charge >= 0.3 is 6.03 Å². The Morgan fingerprint density at radius 2 is 1.76 bits per heavy atom. The van der Waals surface area contributed by atoms with Gasteiger partial charge in [0.2, 0.25) is 5.91 Å². The van der Waals surface area contributed by atoms with Crippen LogP contribution in [0.15, 0.2) is 18.7 Å². The SMILES string of the molecule is C#CCOCCC(=O)NCCOCCOCCNC(=O)n1ccnc1. The molecule has 9 heteroatoms. The third kappa shape index (κ3) is 10.9. The number of nitrogens with one attached hydrogen (secondary N) is 2. The topological polar surface area (TPSA) is 104 Å². The van der Waals surface area contributed by atoms with Crippen molar-refractivity contribution in [3.05, 3.63) is 18.7 Å². The second-order valence-electron chi connectivity index (χ2n) is 4.78. The number of terminal acetylenes is 1. The fourth-order valence-corrected chi connectivity index (χ4v) is 1.67. The zero-order valence-corrected chi connectivity index (χ0v) is 14.1. The van der Waals surface area contributed by atoms with Crippen LogP contribution in [0, 0.1) is 12.3 Å². The van der Waals surface area contributed by atoms with Gasteiger partial charge in [-0.2, -0.15) is 0 Å². The molecule has 0 aromatic carbocycles. The van der Waals surface area contributed by atoms with E-state index in [1.54, 1.807) is 6.20 Å². The van der Waals surface area contributed by atoms with Gasteiger partial charge in [0, 0.05) is 25.5 Å². The zero-order chi connectivity index (χ0) is 18.2. The standard InChI is InChI=1S/C16H24N4O5/c1-2-8-23-9-3-15(21)18-5-10-24-12-13-25-11-6-19-16(22)20-7-4-17-14-20/h1,4,7,14H,3,5-6,8-13H2,(H,18,21)(H,19,22). The van der Waals surface area contributed by atoms with Crippen molar-refractivity contribution < 1.29 is 23.8 Å². The maximum atomic E-state index is 11.5. The lowest BCUT2D eigenvalue weighted by molar-refractivity contribution is -0.122. The number of carbonyl (C=O) groups is 2. The number of carbonyl (C=O) groups excluding carboxylic acids is 2. The number of rotatable bonds is 13. The van der Waals surface area contributed by atoms with Crippen molar-refractivity contribution in [2.24, 2.45) is 0 Å². The quantitative estimate of drug-likeness (QED) is 0.371. The van der Waals surface area contributed by atoms with Gasteiger partial charge in [0.15, 0.2) is 0 Å². The fraction of sp³-hybridized carbons (Fsp3) is 0.562. The lowest BCUT2D eigenvalue weighted by Gasteiger charge is -2.08. The van der Waals surface area contributed by atoms with Crippen LogP contribution >= 0.6 is 0 Å². The van der Waals surface area contributed by atoms with Gasteiger partial charge in [-0.1, -0.05) is 5.92 Å². The Morgan fingerprint density at radius 3 is 2.40 bits per heavy atom. The molecule has 0 unspecified atom stereocenters. The minimum atomic E-state index is -0.252. The predicted octanol–water partition coefficient (Wildman–Crippen LogP) is -0.370. The van der Waals surface area contributed by atoms with E-state index in [0.29, 0.717) is 46.1 Å². The Balaban J connectivity index is 1.82. The first kappa shape index (κ1) is 20.6. The minimum Gasteiger partial charge on any atom is -0.377 e. The number of aromatic nitrogens is 2. The summed E-state index contributed by atoms with van der Waals surface area (Å²) in [5, 5.41) is 5.39. The summed E-state index contributed by atoms with van der Waals surface area (Å²) in [6.07, 6.45) is 9.81. The molecule has 0 saturated heterocycles. The van der Waals surface area contributed by atoms with E-state index < -0.39 is 0 Å². The van der Waals surface area contributed by atoms with E-state index in [9.17, 15) is 9.59 Å². The van der Waals surface area contributed by atoms with Crippen molar-refractivity contribution in [3.8, 4) is 12.3 Å². The number of hydrogen-bond acceptors (Lipinski definition) is 6. The molecule has 0 spiro atoms. The summed E-state index contributed by atoms with van der Waals surface area (Å²) in [6.45, 7) is 2.96. The van der Waals surface area contributed by atoms with E-state index in [4.69, 9.17) is 20.6 Å². The third-order valence-corrected chi connectivity index (χ3v) is 2.86. The number of ether oxygens (including phenoxy) is 3. The van der Waals surface area contributed by atoms with Crippen molar-refractivity contribution in [2.75, 3.05) is 52.7 Å². The lowest BCUT2D eigenvalue weighted by Crippen LogP contribution is -2.31. The molecule has 0 saturated carbocycles. The molecular weight excluding hydrogens is 328 g/mol. The molecule has 1 heterocycles. The van der Waals surface area contributed by atoms with E-state index in [2.05, 4.69) is 21.5 Å². The third-order valence-electron chi connectivity index (χ3n) is 2.86.